The second kappa shape index (κ2) is 4.10. The van der Waals surface area contributed by atoms with Crippen molar-refractivity contribution in [1.82, 2.24) is 4.90 Å². The molecule has 1 aromatic carbocycles. The maximum absolute atomic E-state index is 12.5. The molecule has 1 aliphatic rings. The summed E-state index contributed by atoms with van der Waals surface area (Å²) in [6, 6.07) is 2.68. The molecule has 2 rings (SSSR count). The Labute approximate surface area is 96.1 Å². The Morgan fingerprint density at radius 3 is 1.71 bits per heavy atom. The minimum atomic E-state index is -4.33. The maximum atomic E-state index is 12.5. The Hall–Kier alpha value is -1.43. The highest BCUT2D eigenvalue weighted by atomic mass is 19.4. The van der Waals surface area contributed by atoms with Crippen LogP contribution < -0.4 is 0 Å². The number of hydrogen-bond acceptors (Lipinski definition) is 3. The van der Waals surface area contributed by atoms with E-state index < -0.39 is 6.30 Å². The number of nitrogens with zero attached hydrogens (tertiary/aromatic N) is 1. The van der Waals surface area contributed by atoms with Gasteiger partial charge in [0.25, 0.3) is 0 Å². The third kappa shape index (κ3) is 2.46. The predicted octanol–water partition coefficient (Wildman–Crippen LogP) is 2.02. The molecule has 2 N–H and O–H groups in total. The number of phenols is 2. The Kier molecular flexibility index (Phi) is 2.91. The number of phenolic OH excluding ortho intramolecular Hbond substituents is 2. The lowest BCUT2D eigenvalue weighted by atomic mass is 10.0. The third-order valence-corrected chi connectivity index (χ3v) is 2.96. The van der Waals surface area contributed by atoms with E-state index in [4.69, 9.17) is 0 Å². The van der Waals surface area contributed by atoms with Gasteiger partial charge >= 0.3 is 6.30 Å². The van der Waals surface area contributed by atoms with Gasteiger partial charge in [-0.1, -0.05) is 0 Å². The fourth-order valence-corrected chi connectivity index (χ4v) is 2.00. The van der Waals surface area contributed by atoms with Crippen LogP contribution in [0.15, 0.2) is 12.1 Å². The molecule has 0 bridgehead atoms. The molecule has 1 heterocycles. The lowest BCUT2D eigenvalue weighted by Crippen LogP contribution is -2.39. The highest BCUT2D eigenvalue weighted by molar-refractivity contribution is 5.46. The summed E-state index contributed by atoms with van der Waals surface area (Å²) in [5, 5.41) is 18.6. The van der Waals surface area contributed by atoms with Crippen molar-refractivity contribution in [2.45, 2.75) is 19.1 Å². The van der Waals surface area contributed by atoms with E-state index >= 15 is 0 Å². The summed E-state index contributed by atoms with van der Waals surface area (Å²) in [7, 11) is 0. The van der Waals surface area contributed by atoms with Crippen molar-refractivity contribution in [1.29, 1.82) is 0 Å². The summed E-state index contributed by atoms with van der Waals surface area (Å²) in [5.41, 5.74) is 1.32. The molecule has 0 saturated carbocycles. The zero-order valence-corrected chi connectivity index (χ0v) is 8.96. The van der Waals surface area contributed by atoms with Crippen LogP contribution in [-0.4, -0.2) is 34.5 Å². The van der Waals surface area contributed by atoms with Crippen molar-refractivity contribution >= 4 is 0 Å². The standard InChI is InChI=1S/C11H12F3NO2/c12-11(13,14)15-3-1-7-5-9(16)10(17)6-8(7)2-4-15/h5-6,16-17H,1-4H2. The van der Waals surface area contributed by atoms with E-state index in [1.54, 1.807) is 0 Å². The van der Waals surface area contributed by atoms with Crippen molar-refractivity contribution in [3.05, 3.63) is 23.3 Å². The van der Waals surface area contributed by atoms with Gasteiger partial charge in [0.05, 0.1) is 0 Å². The second-order valence-corrected chi connectivity index (χ2v) is 4.06. The molecule has 0 saturated heterocycles. The van der Waals surface area contributed by atoms with Crippen molar-refractivity contribution in [3.63, 3.8) is 0 Å². The van der Waals surface area contributed by atoms with Crippen LogP contribution in [0.5, 0.6) is 11.5 Å². The topological polar surface area (TPSA) is 43.7 Å². The van der Waals surface area contributed by atoms with Crippen molar-refractivity contribution in [2.24, 2.45) is 0 Å². The average Bonchev–Trinajstić information content (AvgIpc) is 2.40. The summed E-state index contributed by atoms with van der Waals surface area (Å²) < 4.78 is 37.6. The fourth-order valence-electron chi connectivity index (χ4n) is 2.00. The van der Waals surface area contributed by atoms with E-state index in [1.807, 2.05) is 0 Å². The van der Waals surface area contributed by atoms with E-state index in [1.165, 1.54) is 12.1 Å². The van der Waals surface area contributed by atoms with Crippen LogP contribution in [0.2, 0.25) is 0 Å². The highest BCUT2D eigenvalue weighted by Crippen LogP contribution is 2.32. The van der Waals surface area contributed by atoms with Gasteiger partial charge in [-0.05, 0) is 36.1 Å². The number of rotatable bonds is 0. The molecule has 1 aliphatic heterocycles. The number of benzene rings is 1. The summed E-state index contributed by atoms with van der Waals surface area (Å²) >= 11 is 0. The summed E-state index contributed by atoms with van der Waals surface area (Å²) in [4.78, 5) is 0.446. The summed E-state index contributed by atoms with van der Waals surface area (Å²) in [6.45, 7) is -0.249. The molecule has 6 heteroatoms. The monoisotopic (exact) mass is 247 g/mol. The number of hydrogen-bond donors (Lipinski definition) is 2. The molecule has 0 fully saturated rings. The lowest BCUT2D eigenvalue weighted by molar-refractivity contribution is -0.244. The molecule has 0 atom stereocenters. The van der Waals surface area contributed by atoms with Gasteiger partial charge in [-0.2, -0.15) is 13.2 Å². The molecule has 0 unspecified atom stereocenters. The van der Waals surface area contributed by atoms with Gasteiger partial charge in [0.15, 0.2) is 11.5 Å². The van der Waals surface area contributed by atoms with Crippen molar-refractivity contribution in [2.75, 3.05) is 13.1 Å². The van der Waals surface area contributed by atoms with Crippen LogP contribution in [0, 0.1) is 0 Å². The predicted molar refractivity (Wildman–Crippen MR) is 54.8 cm³/mol. The van der Waals surface area contributed by atoms with E-state index in [0.29, 0.717) is 16.0 Å². The quantitative estimate of drug-likeness (QED) is 0.544. The molecule has 0 amide bonds. The minimum absolute atomic E-state index is 0.124. The molecule has 0 aliphatic carbocycles. The zero-order valence-electron chi connectivity index (χ0n) is 8.96. The lowest BCUT2D eigenvalue weighted by Gasteiger charge is -2.22. The maximum Gasteiger partial charge on any atom is 0.459 e. The Morgan fingerprint density at radius 2 is 1.35 bits per heavy atom. The van der Waals surface area contributed by atoms with E-state index in [2.05, 4.69) is 0 Å². The van der Waals surface area contributed by atoms with Gasteiger partial charge in [0.2, 0.25) is 0 Å². The molecule has 1 aromatic rings. The first-order valence-corrected chi connectivity index (χ1v) is 5.23. The number of alkyl halides is 3. The summed E-state index contributed by atoms with van der Waals surface area (Å²) in [5.74, 6) is -0.576. The Bertz CT molecular complexity index is 398. The Balaban J connectivity index is 2.24. The second-order valence-electron chi connectivity index (χ2n) is 4.06. The van der Waals surface area contributed by atoms with Gasteiger partial charge in [0.1, 0.15) is 0 Å². The average molecular weight is 247 g/mol. The molecule has 3 nitrogen and oxygen atoms in total. The number of fused-ring (bicyclic) bond motifs is 1. The van der Waals surface area contributed by atoms with E-state index in [-0.39, 0.29) is 37.4 Å². The normalized spacial score (nSPS) is 17.6. The molecule has 0 aromatic heterocycles. The smallest absolute Gasteiger partial charge is 0.459 e. The molecular weight excluding hydrogens is 235 g/mol. The highest BCUT2D eigenvalue weighted by Gasteiger charge is 2.37. The van der Waals surface area contributed by atoms with Gasteiger partial charge in [-0.15, -0.1) is 0 Å². The van der Waals surface area contributed by atoms with Crippen molar-refractivity contribution < 1.29 is 23.4 Å². The van der Waals surface area contributed by atoms with Gasteiger partial charge < -0.3 is 10.2 Å². The zero-order chi connectivity index (χ0) is 12.6. The molecular formula is C11H12F3NO2. The van der Waals surface area contributed by atoms with E-state index in [9.17, 15) is 23.4 Å². The van der Waals surface area contributed by atoms with Crippen molar-refractivity contribution in [3.8, 4) is 11.5 Å². The van der Waals surface area contributed by atoms with Crippen LogP contribution in [0.4, 0.5) is 13.2 Å². The Morgan fingerprint density at radius 1 is 0.941 bits per heavy atom. The van der Waals surface area contributed by atoms with E-state index in [0.717, 1.165) is 0 Å². The molecule has 17 heavy (non-hydrogen) atoms. The first-order valence-electron chi connectivity index (χ1n) is 5.23. The van der Waals surface area contributed by atoms with Crippen LogP contribution >= 0.6 is 0 Å². The SMILES string of the molecule is Oc1cc2c(cc1O)CCN(C(F)(F)F)CC2. The molecule has 94 valence electrons. The molecule has 0 spiro atoms. The fraction of sp³-hybridized carbons (Fsp3) is 0.455. The van der Waals surface area contributed by atoms with Crippen LogP contribution in [-0.2, 0) is 12.8 Å². The van der Waals surface area contributed by atoms with Crippen LogP contribution in [0.25, 0.3) is 0 Å². The number of aromatic hydroxyl groups is 2. The van der Waals surface area contributed by atoms with Gasteiger partial charge in [0, 0.05) is 13.1 Å². The van der Waals surface area contributed by atoms with Crippen LogP contribution in [0.3, 0.4) is 0 Å². The first kappa shape index (κ1) is 12.0. The number of halogens is 3. The molecule has 0 radical (unpaired) electrons. The van der Waals surface area contributed by atoms with Gasteiger partial charge in [-0.3, -0.25) is 0 Å². The van der Waals surface area contributed by atoms with Gasteiger partial charge in [-0.25, -0.2) is 4.90 Å². The third-order valence-electron chi connectivity index (χ3n) is 2.96. The van der Waals surface area contributed by atoms with Crippen LogP contribution in [0.1, 0.15) is 11.1 Å². The largest absolute Gasteiger partial charge is 0.504 e. The first-order chi connectivity index (χ1) is 7.88. The summed E-state index contributed by atoms with van der Waals surface area (Å²) in [6.07, 6.45) is -3.91. The minimum Gasteiger partial charge on any atom is -0.504 e.